The number of rotatable bonds is 5. The Labute approximate surface area is 218 Å². The third-order valence-electron chi connectivity index (χ3n) is 6.51. The van der Waals surface area contributed by atoms with Crippen molar-refractivity contribution in [3.63, 3.8) is 0 Å². The summed E-state index contributed by atoms with van der Waals surface area (Å²) in [5, 5.41) is 7.67. The van der Waals surface area contributed by atoms with E-state index in [2.05, 4.69) is 36.4 Å². The lowest BCUT2D eigenvalue weighted by atomic mass is 9.90. The first-order valence-electron chi connectivity index (χ1n) is 12.6. The smallest absolute Gasteiger partial charge is 0.410 e. The maximum atomic E-state index is 13.5. The number of carbonyl (C=O) groups excluding carboxylic acids is 2. The largest absolute Gasteiger partial charge is 0.497 e. The lowest BCUT2D eigenvalue weighted by molar-refractivity contribution is 0.0203. The topological polar surface area (TPSA) is 85.7 Å². The molecule has 1 aliphatic heterocycles. The number of ether oxygens (including phenoxy) is 2. The Morgan fingerprint density at radius 2 is 1.70 bits per heavy atom. The highest BCUT2D eigenvalue weighted by atomic mass is 16.6. The van der Waals surface area contributed by atoms with Gasteiger partial charge in [0.05, 0.1) is 30.3 Å². The maximum absolute atomic E-state index is 13.5. The number of likely N-dealkylation sites (tertiary alicyclic amines) is 1. The van der Waals surface area contributed by atoms with Crippen molar-refractivity contribution in [1.29, 1.82) is 0 Å². The van der Waals surface area contributed by atoms with Gasteiger partial charge in [0.15, 0.2) is 0 Å². The second-order valence-electron chi connectivity index (χ2n) is 10.6. The molecule has 1 aromatic heterocycles. The van der Waals surface area contributed by atoms with E-state index in [1.165, 1.54) is 0 Å². The van der Waals surface area contributed by atoms with E-state index >= 15 is 0 Å². The average Bonchev–Trinajstić information content (AvgIpc) is 3.28. The van der Waals surface area contributed by atoms with Gasteiger partial charge >= 0.3 is 6.09 Å². The van der Waals surface area contributed by atoms with Crippen LogP contribution in [-0.2, 0) is 4.74 Å². The van der Waals surface area contributed by atoms with Gasteiger partial charge in [-0.2, -0.15) is 5.10 Å². The summed E-state index contributed by atoms with van der Waals surface area (Å²) in [6, 6.07) is 13.4. The Morgan fingerprint density at radius 3 is 2.30 bits per heavy atom. The second-order valence-corrected chi connectivity index (χ2v) is 10.6. The summed E-state index contributed by atoms with van der Waals surface area (Å²) in [6.07, 6.45) is 2.76. The van der Waals surface area contributed by atoms with E-state index in [-0.39, 0.29) is 17.9 Å². The molecule has 3 aromatic rings. The van der Waals surface area contributed by atoms with Crippen LogP contribution < -0.4 is 10.1 Å². The molecular weight excluding hydrogens is 468 g/mol. The fourth-order valence-electron chi connectivity index (χ4n) is 4.70. The minimum absolute atomic E-state index is 0.0542. The summed E-state index contributed by atoms with van der Waals surface area (Å²) in [5.74, 6) is 0.558. The molecule has 0 radical (unpaired) electrons. The highest BCUT2D eigenvalue weighted by Crippen LogP contribution is 2.34. The van der Waals surface area contributed by atoms with Crippen molar-refractivity contribution in [2.24, 2.45) is 0 Å². The highest BCUT2D eigenvalue weighted by Gasteiger charge is 2.32. The summed E-state index contributed by atoms with van der Waals surface area (Å²) in [4.78, 5) is 27.8. The lowest BCUT2D eigenvalue weighted by Gasteiger charge is -2.34. The van der Waals surface area contributed by atoms with Crippen molar-refractivity contribution in [3.8, 4) is 11.4 Å². The van der Waals surface area contributed by atoms with Crippen LogP contribution in [0.25, 0.3) is 5.69 Å². The van der Waals surface area contributed by atoms with Gasteiger partial charge in [-0.15, -0.1) is 0 Å². The van der Waals surface area contributed by atoms with Crippen molar-refractivity contribution in [2.75, 3.05) is 25.5 Å². The molecule has 0 unspecified atom stereocenters. The van der Waals surface area contributed by atoms with E-state index in [9.17, 15) is 9.59 Å². The summed E-state index contributed by atoms with van der Waals surface area (Å²) in [7, 11) is 1.61. The number of aromatic nitrogens is 2. The molecule has 2 aromatic carbocycles. The summed E-state index contributed by atoms with van der Waals surface area (Å²) in [6.45, 7) is 10.8. The number of amides is 2. The van der Waals surface area contributed by atoms with E-state index in [0.717, 1.165) is 28.3 Å². The summed E-state index contributed by atoms with van der Waals surface area (Å²) >= 11 is 0. The normalized spacial score (nSPS) is 14.4. The molecule has 2 heterocycles. The van der Waals surface area contributed by atoms with Crippen LogP contribution in [0.1, 0.15) is 66.7 Å². The van der Waals surface area contributed by atoms with Crippen molar-refractivity contribution in [2.45, 2.75) is 59.0 Å². The second kappa shape index (κ2) is 10.7. The number of methoxy groups -OCH3 is 1. The summed E-state index contributed by atoms with van der Waals surface area (Å²) in [5.41, 5.74) is 4.72. The molecule has 2 amide bonds. The minimum atomic E-state index is -0.539. The molecule has 8 nitrogen and oxygen atoms in total. The number of anilines is 1. The van der Waals surface area contributed by atoms with Crippen LogP contribution in [0.2, 0.25) is 0 Å². The number of nitrogens with one attached hydrogen (secondary N) is 1. The lowest BCUT2D eigenvalue weighted by Crippen LogP contribution is -2.41. The Balaban J connectivity index is 1.63. The van der Waals surface area contributed by atoms with Crippen LogP contribution in [-0.4, -0.2) is 52.5 Å². The van der Waals surface area contributed by atoms with E-state index in [4.69, 9.17) is 9.47 Å². The van der Waals surface area contributed by atoms with Gasteiger partial charge in [-0.25, -0.2) is 9.48 Å². The predicted molar refractivity (Wildman–Crippen MR) is 144 cm³/mol. The minimum Gasteiger partial charge on any atom is -0.497 e. The first-order chi connectivity index (χ1) is 17.6. The van der Waals surface area contributed by atoms with Gasteiger partial charge in [-0.3, -0.25) is 4.79 Å². The zero-order valence-electron chi connectivity index (χ0n) is 22.5. The molecular formula is C29H36N4O4. The third-order valence-corrected chi connectivity index (χ3v) is 6.51. The predicted octanol–water partition coefficient (Wildman–Crippen LogP) is 5.86. The third kappa shape index (κ3) is 6.13. The number of carbonyl (C=O) groups is 2. The van der Waals surface area contributed by atoms with Gasteiger partial charge in [-0.1, -0.05) is 17.7 Å². The molecule has 0 atom stereocenters. The Kier molecular flexibility index (Phi) is 7.57. The number of hydrogen-bond acceptors (Lipinski definition) is 5. The number of aryl methyl sites for hydroxylation is 2. The molecule has 0 bridgehead atoms. The van der Waals surface area contributed by atoms with Crippen LogP contribution in [0.4, 0.5) is 10.5 Å². The first-order valence-corrected chi connectivity index (χ1v) is 12.6. The number of nitrogens with zero attached hydrogens (tertiary/aromatic N) is 3. The highest BCUT2D eigenvalue weighted by molar-refractivity contribution is 6.05. The van der Waals surface area contributed by atoms with Crippen LogP contribution >= 0.6 is 0 Å². The van der Waals surface area contributed by atoms with E-state index in [0.29, 0.717) is 37.2 Å². The summed E-state index contributed by atoms with van der Waals surface area (Å²) < 4.78 is 12.7. The standard InChI is InChI=1S/C29H36N4O4/c1-19-7-12-25(20(2)17-19)33-26(21-13-15-32(16-14-21)28(35)37-29(3,4)5)24(18-30-33)27(34)31-22-8-10-23(36-6)11-9-22/h7-12,17-18,21H,13-16H2,1-6H3,(H,31,34). The van der Waals surface area contributed by atoms with Crippen LogP contribution in [0.15, 0.2) is 48.7 Å². The zero-order chi connectivity index (χ0) is 26.7. The molecule has 0 spiro atoms. The molecule has 8 heteroatoms. The van der Waals surface area contributed by atoms with E-state index < -0.39 is 5.60 Å². The number of benzene rings is 2. The Hall–Kier alpha value is -3.81. The van der Waals surface area contributed by atoms with Gasteiger partial charge in [0, 0.05) is 24.7 Å². The fourth-order valence-corrected chi connectivity index (χ4v) is 4.70. The zero-order valence-corrected chi connectivity index (χ0v) is 22.5. The van der Waals surface area contributed by atoms with E-state index in [1.54, 1.807) is 18.2 Å². The van der Waals surface area contributed by atoms with Gasteiger partial charge in [0.1, 0.15) is 11.4 Å². The van der Waals surface area contributed by atoms with Crippen molar-refractivity contribution in [1.82, 2.24) is 14.7 Å². The average molecular weight is 505 g/mol. The van der Waals surface area contributed by atoms with Crippen LogP contribution in [0.5, 0.6) is 5.75 Å². The molecule has 0 saturated carbocycles. The Morgan fingerprint density at radius 1 is 1.03 bits per heavy atom. The van der Waals surface area contributed by atoms with Crippen molar-refractivity contribution >= 4 is 17.7 Å². The van der Waals surface area contributed by atoms with Crippen molar-refractivity contribution in [3.05, 3.63) is 71.0 Å². The first kappa shape index (κ1) is 26.3. The molecule has 4 rings (SSSR count). The SMILES string of the molecule is COc1ccc(NC(=O)c2cnn(-c3ccc(C)cc3C)c2C2CCN(C(=O)OC(C)(C)C)CC2)cc1. The quantitative estimate of drug-likeness (QED) is 0.470. The Bertz CT molecular complexity index is 1270. The monoisotopic (exact) mass is 504 g/mol. The van der Waals surface area contributed by atoms with Gasteiger partial charge < -0.3 is 19.7 Å². The van der Waals surface area contributed by atoms with Crippen LogP contribution in [0, 0.1) is 13.8 Å². The fraction of sp³-hybridized carbons (Fsp3) is 0.414. The van der Waals surface area contributed by atoms with Crippen LogP contribution in [0.3, 0.4) is 0 Å². The van der Waals surface area contributed by atoms with Crippen molar-refractivity contribution < 1.29 is 19.1 Å². The molecule has 1 aliphatic rings. The maximum Gasteiger partial charge on any atom is 0.410 e. The van der Waals surface area contributed by atoms with Gasteiger partial charge in [0.2, 0.25) is 0 Å². The van der Waals surface area contributed by atoms with E-state index in [1.807, 2.05) is 55.8 Å². The number of hydrogen-bond donors (Lipinski definition) is 1. The molecule has 0 aliphatic carbocycles. The molecule has 37 heavy (non-hydrogen) atoms. The number of piperidine rings is 1. The molecule has 1 saturated heterocycles. The van der Waals surface area contributed by atoms with Gasteiger partial charge in [-0.05, 0) is 83.4 Å². The molecule has 1 N–H and O–H groups in total. The molecule has 1 fully saturated rings. The van der Waals surface area contributed by atoms with Gasteiger partial charge in [0.25, 0.3) is 5.91 Å². The molecule has 196 valence electrons.